The molecule has 1 aliphatic heterocycles. The van der Waals surface area contributed by atoms with Crippen molar-refractivity contribution in [2.75, 3.05) is 0 Å². The van der Waals surface area contributed by atoms with Crippen LogP contribution in [0.3, 0.4) is 0 Å². The molecule has 2 unspecified atom stereocenters. The fraction of sp³-hybridized carbons (Fsp3) is 0.720. The number of hydrogen-bond donors (Lipinski definition) is 1. The number of rotatable bonds is 14. The van der Waals surface area contributed by atoms with Gasteiger partial charge in [-0.15, -0.1) is 0 Å². The lowest BCUT2D eigenvalue weighted by Crippen LogP contribution is -2.43. The first-order valence-corrected chi connectivity index (χ1v) is 11.8. The Morgan fingerprint density at radius 1 is 0.857 bits per heavy atom. The predicted molar refractivity (Wildman–Crippen MR) is 117 cm³/mol. The second-order valence-electron chi connectivity index (χ2n) is 8.62. The Morgan fingerprint density at radius 2 is 1.39 bits per heavy atom. The van der Waals surface area contributed by atoms with Crippen LogP contribution >= 0.6 is 0 Å². The summed E-state index contributed by atoms with van der Waals surface area (Å²) in [5.41, 5.74) is 1.23. The Bertz CT molecular complexity index is 531. The molecule has 2 rings (SSSR count). The van der Waals surface area contributed by atoms with Crippen LogP contribution in [0.4, 0.5) is 0 Å². The summed E-state index contributed by atoms with van der Waals surface area (Å²) >= 11 is 0. The number of carbonyl (C=O) groups excluding carboxylic acids is 1. The third kappa shape index (κ3) is 8.34. The summed E-state index contributed by atoms with van der Waals surface area (Å²) in [7, 11) is 0. The van der Waals surface area contributed by atoms with Gasteiger partial charge in [-0.1, -0.05) is 114 Å². The van der Waals surface area contributed by atoms with Gasteiger partial charge >= 0.3 is 0 Å². The zero-order chi connectivity index (χ0) is 20.0. The molecule has 0 saturated carbocycles. The van der Waals surface area contributed by atoms with E-state index in [0.717, 1.165) is 24.3 Å². The molecule has 1 fully saturated rings. The van der Waals surface area contributed by atoms with Crippen LogP contribution in [0.2, 0.25) is 0 Å². The van der Waals surface area contributed by atoms with Gasteiger partial charge < -0.3 is 0 Å². The lowest BCUT2D eigenvalue weighted by molar-refractivity contribution is -0.184. The van der Waals surface area contributed by atoms with Crippen molar-refractivity contribution in [2.24, 2.45) is 0 Å². The number of nitrogens with zero attached hydrogens (tertiary/aromatic N) is 1. The van der Waals surface area contributed by atoms with Crippen molar-refractivity contribution < 1.29 is 10.0 Å². The van der Waals surface area contributed by atoms with Gasteiger partial charge in [-0.05, 0) is 24.3 Å². The molecular weight excluding hydrogens is 346 g/mol. The molecular formula is C25H41NO2. The number of amides is 1. The molecule has 0 aromatic heterocycles. The first-order chi connectivity index (χ1) is 13.7. The fourth-order valence-corrected chi connectivity index (χ4v) is 4.46. The topological polar surface area (TPSA) is 40.5 Å². The number of carbonyl (C=O) groups is 1. The molecule has 1 amide bonds. The third-order valence-electron chi connectivity index (χ3n) is 6.24. The zero-order valence-corrected chi connectivity index (χ0v) is 18.0. The fourth-order valence-electron chi connectivity index (χ4n) is 4.46. The Morgan fingerprint density at radius 3 is 1.96 bits per heavy atom. The van der Waals surface area contributed by atoms with E-state index in [0.29, 0.717) is 6.42 Å². The maximum absolute atomic E-state index is 12.2. The van der Waals surface area contributed by atoms with Crippen LogP contribution in [0.5, 0.6) is 0 Å². The van der Waals surface area contributed by atoms with E-state index in [9.17, 15) is 10.0 Å². The normalized spacial score (nSPS) is 19.9. The number of unbranched alkanes of at least 4 members (excludes halogenated alkanes) is 11. The molecule has 0 bridgehead atoms. The summed E-state index contributed by atoms with van der Waals surface area (Å²) in [5, 5.41) is 11.2. The second-order valence-corrected chi connectivity index (χ2v) is 8.62. The van der Waals surface area contributed by atoms with E-state index >= 15 is 0 Å². The van der Waals surface area contributed by atoms with Crippen LogP contribution in [0.15, 0.2) is 30.3 Å². The van der Waals surface area contributed by atoms with Crippen LogP contribution in [0, 0.1) is 0 Å². The summed E-state index contributed by atoms with van der Waals surface area (Å²) < 4.78 is 0. The Hall–Kier alpha value is -1.35. The molecule has 3 heteroatoms. The molecule has 0 aliphatic carbocycles. The SMILES string of the molecule is CCCCCCCCCCCCCCC1CC(c2ccccc2)CC(=O)N1O. The van der Waals surface area contributed by atoms with Gasteiger partial charge in [-0.2, -0.15) is 0 Å². The zero-order valence-electron chi connectivity index (χ0n) is 18.0. The van der Waals surface area contributed by atoms with Gasteiger partial charge in [0.15, 0.2) is 0 Å². The van der Waals surface area contributed by atoms with E-state index in [1.807, 2.05) is 18.2 Å². The van der Waals surface area contributed by atoms with Crippen molar-refractivity contribution in [3.63, 3.8) is 0 Å². The van der Waals surface area contributed by atoms with E-state index < -0.39 is 0 Å². The minimum Gasteiger partial charge on any atom is -0.286 e. The quantitative estimate of drug-likeness (QED) is 0.270. The molecule has 1 aromatic carbocycles. The highest BCUT2D eigenvalue weighted by Crippen LogP contribution is 2.33. The third-order valence-corrected chi connectivity index (χ3v) is 6.24. The molecule has 1 aliphatic rings. The van der Waals surface area contributed by atoms with Crippen LogP contribution in [-0.2, 0) is 4.79 Å². The number of benzene rings is 1. The minimum absolute atomic E-state index is 0.0189. The van der Waals surface area contributed by atoms with Crippen molar-refractivity contribution in [3.05, 3.63) is 35.9 Å². The van der Waals surface area contributed by atoms with Gasteiger partial charge in [0.25, 0.3) is 0 Å². The van der Waals surface area contributed by atoms with Crippen molar-refractivity contribution in [1.29, 1.82) is 0 Å². The van der Waals surface area contributed by atoms with Crippen LogP contribution in [0.1, 0.15) is 115 Å². The molecule has 1 saturated heterocycles. The average Bonchev–Trinajstić information content (AvgIpc) is 2.72. The van der Waals surface area contributed by atoms with E-state index in [1.165, 1.54) is 76.2 Å². The Kier molecular flexibility index (Phi) is 11.3. The standard InChI is InChI=1S/C25H41NO2/c1-2-3-4-5-6-7-8-9-10-11-12-16-19-24-20-23(21-25(27)26(24)28)22-17-14-13-15-18-22/h13-15,17-18,23-24,28H,2-12,16,19-21H2,1H3. The smallest absolute Gasteiger partial charge is 0.246 e. The van der Waals surface area contributed by atoms with E-state index in [1.54, 1.807) is 0 Å². The summed E-state index contributed by atoms with van der Waals surface area (Å²) in [6, 6.07) is 10.3. The summed E-state index contributed by atoms with van der Waals surface area (Å²) in [6.45, 7) is 2.27. The van der Waals surface area contributed by atoms with E-state index in [-0.39, 0.29) is 17.9 Å². The van der Waals surface area contributed by atoms with Crippen molar-refractivity contribution in [3.8, 4) is 0 Å². The molecule has 158 valence electrons. The molecule has 3 nitrogen and oxygen atoms in total. The van der Waals surface area contributed by atoms with Gasteiger partial charge in [0.2, 0.25) is 5.91 Å². The first kappa shape index (κ1) is 22.9. The molecule has 0 radical (unpaired) electrons. The van der Waals surface area contributed by atoms with Gasteiger partial charge in [0.05, 0.1) is 6.04 Å². The number of piperidine rings is 1. The maximum atomic E-state index is 12.2. The molecule has 1 heterocycles. The number of hydroxylamine groups is 2. The molecule has 2 atom stereocenters. The van der Waals surface area contributed by atoms with Crippen molar-refractivity contribution >= 4 is 5.91 Å². The first-order valence-electron chi connectivity index (χ1n) is 11.8. The van der Waals surface area contributed by atoms with E-state index in [4.69, 9.17) is 0 Å². The van der Waals surface area contributed by atoms with Gasteiger partial charge in [-0.3, -0.25) is 10.0 Å². The lowest BCUT2D eigenvalue weighted by Gasteiger charge is -2.35. The van der Waals surface area contributed by atoms with Gasteiger partial charge in [0.1, 0.15) is 0 Å². The van der Waals surface area contributed by atoms with Crippen LogP contribution < -0.4 is 0 Å². The highest BCUT2D eigenvalue weighted by Gasteiger charge is 2.33. The summed E-state index contributed by atoms with van der Waals surface area (Å²) in [4.78, 5) is 12.2. The highest BCUT2D eigenvalue weighted by molar-refractivity contribution is 5.77. The maximum Gasteiger partial charge on any atom is 0.246 e. The van der Waals surface area contributed by atoms with Crippen LogP contribution in [0.25, 0.3) is 0 Å². The lowest BCUT2D eigenvalue weighted by atomic mass is 9.84. The largest absolute Gasteiger partial charge is 0.286 e. The summed E-state index contributed by atoms with van der Waals surface area (Å²) in [5.74, 6) is 0.128. The Labute approximate surface area is 172 Å². The predicted octanol–water partition coefficient (Wildman–Crippen LogP) is 7.24. The Balaban J connectivity index is 1.54. The minimum atomic E-state index is -0.121. The second kappa shape index (κ2) is 13.8. The average molecular weight is 388 g/mol. The molecule has 0 spiro atoms. The molecule has 1 N–H and O–H groups in total. The van der Waals surface area contributed by atoms with Crippen molar-refractivity contribution in [1.82, 2.24) is 5.06 Å². The van der Waals surface area contributed by atoms with Gasteiger partial charge in [0, 0.05) is 6.42 Å². The summed E-state index contributed by atoms with van der Waals surface area (Å²) in [6.07, 6.45) is 18.2. The molecule has 1 aromatic rings. The highest BCUT2D eigenvalue weighted by atomic mass is 16.5. The van der Waals surface area contributed by atoms with Crippen LogP contribution in [-0.4, -0.2) is 22.2 Å². The monoisotopic (exact) mass is 387 g/mol. The van der Waals surface area contributed by atoms with E-state index in [2.05, 4.69) is 19.1 Å². The van der Waals surface area contributed by atoms with Gasteiger partial charge in [-0.25, -0.2) is 5.06 Å². The molecule has 28 heavy (non-hydrogen) atoms. The van der Waals surface area contributed by atoms with Crippen molar-refractivity contribution in [2.45, 2.75) is 115 Å². The number of hydrogen-bond acceptors (Lipinski definition) is 2.